The SMILES string of the molecule is CCOC(=O)C#C/C=C\CCC=O. The summed E-state index contributed by atoms with van der Waals surface area (Å²) in [5.74, 6) is 4.26. The van der Waals surface area contributed by atoms with Crippen LogP contribution in [0.25, 0.3) is 0 Å². The molecule has 0 rings (SSSR count). The maximum atomic E-state index is 10.6. The van der Waals surface area contributed by atoms with Crippen LogP contribution in [0.3, 0.4) is 0 Å². The van der Waals surface area contributed by atoms with E-state index in [0.717, 1.165) is 6.29 Å². The van der Waals surface area contributed by atoms with Crippen molar-refractivity contribution in [1.29, 1.82) is 0 Å². The van der Waals surface area contributed by atoms with E-state index < -0.39 is 5.97 Å². The third kappa shape index (κ3) is 8.35. The zero-order chi connectivity index (χ0) is 9.94. The van der Waals surface area contributed by atoms with Crippen molar-refractivity contribution in [2.24, 2.45) is 0 Å². The molecule has 0 atom stereocenters. The Morgan fingerprint density at radius 1 is 1.46 bits per heavy atom. The van der Waals surface area contributed by atoms with Gasteiger partial charge in [-0.3, -0.25) is 0 Å². The quantitative estimate of drug-likeness (QED) is 0.214. The van der Waals surface area contributed by atoms with Gasteiger partial charge in [0.1, 0.15) is 6.29 Å². The molecule has 0 aliphatic carbocycles. The van der Waals surface area contributed by atoms with E-state index in [1.54, 1.807) is 19.1 Å². The maximum Gasteiger partial charge on any atom is 0.384 e. The van der Waals surface area contributed by atoms with Crippen molar-refractivity contribution in [1.82, 2.24) is 0 Å². The van der Waals surface area contributed by atoms with Crippen LogP contribution in [0.2, 0.25) is 0 Å². The number of carbonyl (C=O) groups excluding carboxylic acids is 2. The van der Waals surface area contributed by atoms with Gasteiger partial charge < -0.3 is 9.53 Å². The first-order valence-corrected chi connectivity index (χ1v) is 4.08. The van der Waals surface area contributed by atoms with E-state index in [-0.39, 0.29) is 0 Å². The molecule has 0 fully saturated rings. The molecular formula is C10H12O3. The lowest BCUT2D eigenvalue weighted by Gasteiger charge is -1.89. The Morgan fingerprint density at radius 3 is 2.85 bits per heavy atom. The summed E-state index contributed by atoms with van der Waals surface area (Å²) in [5.41, 5.74) is 0. The van der Waals surface area contributed by atoms with E-state index in [0.29, 0.717) is 19.4 Å². The van der Waals surface area contributed by atoms with Crippen molar-refractivity contribution < 1.29 is 14.3 Å². The monoisotopic (exact) mass is 180 g/mol. The van der Waals surface area contributed by atoms with E-state index in [1.165, 1.54) is 0 Å². The summed E-state index contributed by atoms with van der Waals surface area (Å²) in [6, 6.07) is 0. The number of unbranched alkanes of at least 4 members (excludes halogenated alkanes) is 1. The van der Waals surface area contributed by atoms with Gasteiger partial charge in [0, 0.05) is 12.3 Å². The van der Waals surface area contributed by atoms with Crippen molar-refractivity contribution in [2.45, 2.75) is 19.8 Å². The van der Waals surface area contributed by atoms with Gasteiger partial charge in [-0.1, -0.05) is 12.0 Å². The normalized spacial score (nSPS) is 9.00. The molecule has 0 aliphatic rings. The third-order valence-corrected chi connectivity index (χ3v) is 1.10. The van der Waals surface area contributed by atoms with Crippen LogP contribution in [0.15, 0.2) is 12.2 Å². The highest BCUT2D eigenvalue weighted by molar-refractivity contribution is 5.88. The van der Waals surface area contributed by atoms with Gasteiger partial charge in [-0.15, -0.1) is 0 Å². The third-order valence-electron chi connectivity index (χ3n) is 1.10. The van der Waals surface area contributed by atoms with Crippen molar-refractivity contribution in [2.75, 3.05) is 6.61 Å². The van der Waals surface area contributed by atoms with Crippen LogP contribution in [0, 0.1) is 11.8 Å². The van der Waals surface area contributed by atoms with E-state index in [2.05, 4.69) is 16.6 Å². The second-order valence-electron chi connectivity index (χ2n) is 2.14. The number of hydrogen-bond acceptors (Lipinski definition) is 3. The first-order valence-electron chi connectivity index (χ1n) is 4.08. The molecule has 0 amide bonds. The van der Waals surface area contributed by atoms with Crippen LogP contribution in [0.4, 0.5) is 0 Å². The lowest BCUT2D eigenvalue weighted by atomic mass is 10.3. The summed E-state index contributed by atoms with van der Waals surface area (Å²) in [5, 5.41) is 0. The van der Waals surface area contributed by atoms with Crippen molar-refractivity contribution in [3.05, 3.63) is 12.2 Å². The number of allylic oxidation sites excluding steroid dienone is 2. The van der Waals surface area contributed by atoms with Gasteiger partial charge in [0.05, 0.1) is 6.61 Å². The molecule has 0 aliphatic heterocycles. The molecule has 0 spiro atoms. The van der Waals surface area contributed by atoms with Gasteiger partial charge >= 0.3 is 5.97 Å². The predicted molar refractivity (Wildman–Crippen MR) is 48.8 cm³/mol. The van der Waals surface area contributed by atoms with Crippen LogP contribution >= 0.6 is 0 Å². The van der Waals surface area contributed by atoms with Crippen molar-refractivity contribution in [3.8, 4) is 11.8 Å². The highest BCUT2D eigenvalue weighted by Crippen LogP contribution is 1.85. The molecule has 13 heavy (non-hydrogen) atoms. The molecule has 0 saturated heterocycles. The Balaban J connectivity index is 3.64. The first kappa shape index (κ1) is 11.4. The fourth-order valence-electron chi connectivity index (χ4n) is 0.574. The molecule has 0 aromatic carbocycles. The predicted octanol–water partition coefficient (Wildman–Crippen LogP) is 1.09. The average Bonchev–Trinajstić information content (AvgIpc) is 2.11. The molecule has 0 unspecified atom stereocenters. The van der Waals surface area contributed by atoms with Crippen molar-refractivity contribution >= 4 is 12.3 Å². The Hall–Kier alpha value is -1.56. The molecular weight excluding hydrogens is 168 g/mol. The molecule has 0 saturated carbocycles. The minimum absolute atomic E-state index is 0.336. The van der Waals surface area contributed by atoms with Gasteiger partial charge in [0.25, 0.3) is 0 Å². The molecule has 0 N–H and O–H groups in total. The minimum atomic E-state index is -0.525. The molecule has 0 radical (unpaired) electrons. The molecule has 0 heterocycles. The number of aldehydes is 1. The molecule has 3 heteroatoms. The van der Waals surface area contributed by atoms with Crippen LogP contribution < -0.4 is 0 Å². The Labute approximate surface area is 77.8 Å². The molecule has 70 valence electrons. The minimum Gasteiger partial charge on any atom is -0.456 e. The van der Waals surface area contributed by atoms with Crippen LogP contribution in [-0.4, -0.2) is 18.9 Å². The Kier molecular flexibility index (Phi) is 7.51. The van der Waals surface area contributed by atoms with E-state index in [9.17, 15) is 9.59 Å². The Bertz CT molecular complexity index is 243. The zero-order valence-electron chi connectivity index (χ0n) is 7.58. The van der Waals surface area contributed by atoms with E-state index in [1.807, 2.05) is 0 Å². The highest BCUT2D eigenvalue weighted by Gasteiger charge is 1.89. The Morgan fingerprint density at radius 2 is 2.23 bits per heavy atom. The first-order chi connectivity index (χ1) is 6.31. The standard InChI is InChI=1S/C10H12O3/c1-2-13-10(12)8-6-4-3-5-7-9-11/h3-4,9H,2,5,7H2,1H3/b4-3-. The lowest BCUT2D eigenvalue weighted by molar-refractivity contribution is -0.136. The van der Waals surface area contributed by atoms with E-state index in [4.69, 9.17) is 0 Å². The summed E-state index contributed by atoms with van der Waals surface area (Å²) < 4.78 is 4.57. The van der Waals surface area contributed by atoms with Gasteiger partial charge in [-0.25, -0.2) is 4.79 Å². The van der Waals surface area contributed by atoms with Crippen LogP contribution in [0.1, 0.15) is 19.8 Å². The second-order valence-corrected chi connectivity index (χ2v) is 2.14. The fraction of sp³-hybridized carbons (Fsp3) is 0.400. The van der Waals surface area contributed by atoms with Gasteiger partial charge in [0.15, 0.2) is 0 Å². The number of carbonyl (C=O) groups is 2. The van der Waals surface area contributed by atoms with Crippen LogP contribution in [0.5, 0.6) is 0 Å². The van der Waals surface area contributed by atoms with Gasteiger partial charge in [-0.05, 0) is 19.4 Å². The maximum absolute atomic E-state index is 10.6. The smallest absolute Gasteiger partial charge is 0.384 e. The van der Waals surface area contributed by atoms with Gasteiger partial charge in [-0.2, -0.15) is 0 Å². The highest BCUT2D eigenvalue weighted by atomic mass is 16.5. The topological polar surface area (TPSA) is 43.4 Å². The fourth-order valence-corrected chi connectivity index (χ4v) is 0.574. The molecule has 0 aromatic heterocycles. The number of esters is 1. The number of hydrogen-bond donors (Lipinski definition) is 0. The summed E-state index contributed by atoms with van der Waals surface area (Å²) in [6.07, 6.45) is 5.25. The summed E-state index contributed by atoms with van der Waals surface area (Å²) in [6.45, 7) is 2.06. The summed E-state index contributed by atoms with van der Waals surface area (Å²) in [7, 11) is 0. The summed E-state index contributed by atoms with van der Waals surface area (Å²) in [4.78, 5) is 20.5. The van der Waals surface area contributed by atoms with E-state index >= 15 is 0 Å². The number of rotatable bonds is 4. The number of ether oxygens (including phenoxy) is 1. The molecule has 3 nitrogen and oxygen atoms in total. The zero-order valence-corrected chi connectivity index (χ0v) is 7.58. The van der Waals surface area contributed by atoms with Gasteiger partial charge in [0.2, 0.25) is 0 Å². The van der Waals surface area contributed by atoms with Crippen LogP contribution in [-0.2, 0) is 14.3 Å². The second kappa shape index (κ2) is 8.54. The van der Waals surface area contributed by atoms with Crippen molar-refractivity contribution in [3.63, 3.8) is 0 Å². The molecule has 0 bridgehead atoms. The molecule has 0 aromatic rings. The average molecular weight is 180 g/mol. The summed E-state index contributed by atoms with van der Waals surface area (Å²) >= 11 is 0. The largest absolute Gasteiger partial charge is 0.456 e. The lowest BCUT2D eigenvalue weighted by Crippen LogP contribution is -1.98.